The van der Waals surface area contributed by atoms with Gasteiger partial charge in [0.2, 0.25) is 10.0 Å². The fraction of sp³-hybridized carbons (Fsp3) is 0.444. The summed E-state index contributed by atoms with van der Waals surface area (Å²) in [5.41, 5.74) is 0. The molecule has 0 aliphatic heterocycles. The predicted molar refractivity (Wildman–Crippen MR) is 58.5 cm³/mol. The fourth-order valence-electron chi connectivity index (χ4n) is 0.928. The zero-order valence-corrected chi connectivity index (χ0v) is 9.52. The van der Waals surface area contributed by atoms with Crippen molar-refractivity contribution in [2.45, 2.75) is 0 Å². The highest BCUT2D eigenvalue weighted by Crippen LogP contribution is 2.05. The van der Waals surface area contributed by atoms with Gasteiger partial charge in [-0.15, -0.1) is 0 Å². The minimum Gasteiger partial charge on any atom is -0.490 e. The lowest BCUT2D eigenvalue weighted by molar-refractivity contribution is 0.111. The molecule has 0 bridgehead atoms. The van der Waals surface area contributed by atoms with E-state index in [1.165, 1.54) is 0 Å². The van der Waals surface area contributed by atoms with Crippen molar-refractivity contribution in [3.8, 4) is 5.75 Å². The first kappa shape index (κ1) is 12.9. The minimum atomic E-state index is -3.44. The Balaban J connectivity index is 2.05. The Hall–Kier alpha value is -1.18. The van der Waals surface area contributed by atoms with Crippen molar-refractivity contribution in [2.75, 3.05) is 25.6 Å². The maximum Gasteiger partial charge on any atom is 0.211 e. The van der Waals surface area contributed by atoms with Crippen LogP contribution in [-0.4, -0.2) is 39.0 Å². The summed E-state index contributed by atoms with van der Waals surface area (Å²) < 4.78 is 31.4. The second kappa shape index (κ2) is 6.41. The summed E-state index contributed by atoms with van der Waals surface area (Å²) in [5, 5.41) is 4.79. The molecule has 0 aromatic carbocycles. The number of pyridine rings is 1. The van der Waals surface area contributed by atoms with Crippen molar-refractivity contribution < 1.29 is 17.9 Å². The van der Waals surface area contributed by atoms with Gasteiger partial charge in [0.1, 0.15) is 12.4 Å². The Morgan fingerprint density at radius 2 is 2.12 bits per heavy atom. The summed E-state index contributed by atoms with van der Waals surface area (Å²) in [4.78, 5) is 3.87. The van der Waals surface area contributed by atoms with E-state index in [4.69, 9.17) is 14.6 Å². The summed E-state index contributed by atoms with van der Waals surface area (Å²) >= 11 is 0. The number of ether oxygens (including phenoxy) is 2. The molecule has 90 valence electrons. The molecule has 0 spiro atoms. The SMILES string of the molecule is NS(=O)(=O)CCOCCOc1cccnc1. The molecule has 1 aromatic rings. The van der Waals surface area contributed by atoms with Crippen LogP contribution in [0.5, 0.6) is 5.75 Å². The molecule has 16 heavy (non-hydrogen) atoms. The van der Waals surface area contributed by atoms with Crippen LogP contribution >= 0.6 is 0 Å². The van der Waals surface area contributed by atoms with Crippen molar-refractivity contribution in [1.29, 1.82) is 0 Å². The molecule has 0 saturated heterocycles. The van der Waals surface area contributed by atoms with Gasteiger partial charge in [-0.05, 0) is 12.1 Å². The molecule has 0 unspecified atom stereocenters. The van der Waals surface area contributed by atoms with Gasteiger partial charge in [0, 0.05) is 6.20 Å². The normalized spacial score (nSPS) is 11.3. The number of nitrogens with zero attached hydrogens (tertiary/aromatic N) is 1. The number of hydrogen-bond donors (Lipinski definition) is 1. The highest BCUT2D eigenvalue weighted by molar-refractivity contribution is 7.89. The summed E-state index contributed by atoms with van der Waals surface area (Å²) in [7, 11) is -3.44. The molecule has 7 heteroatoms. The first-order chi connectivity index (χ1) is 7.58. The lowest BCUT2D eigenvalue weighted by Crippen LogP contribution is -2.21. The van der Waals surface area contributed by atoms with Gasteiger partial charge in [0.25, 0.3) is 0 Å². The summed E-state index contributed by atoms with van der Waals surface area (Å²) in [5.74, 6) is 0.470. The van der Waals surface area contributed by atoms with E-state index < -0.39 is 10.0 Å². The van der Waals surface area contributed by atoms with E-state index in [1.54, 1.807) is 24.5 Å². The van der Waals surface area contributed by atoms with Gasteiger partial charge >= 0.3 is 0 Å². The number of sulfonamides is 1. The molecule has 0 fully saturated rings. The largest absolute Gasteiger partial charge is 0.490 e. The molecule has 0 amide bonds. The fourth-order valence-corrected chi connectivity index (χ4v) is 1.28. The molecule has 1 heterocycles. The van der Waals surface area contributed by atoms with Crippen molar-refractivity contribution >= 4 is 10.0 Å². The number of hydrogen-bond acceptors (Lipinski definition) is 5. The second-order valence-electron chi connectivity index (χ2n) is 3.02. The summed E-state index contributed by atoms with van der Waals surface area (Å²) in [6.07, 6.45) is 3.24. The molecule has 2 N–H and O–H groups in total. The molecule has 1 aromatic heterocycles. The molecular formula is C9H14N2O4S. The van der Waals surface area contributed by atoms with E-state index in [-0.39, 0.29) is 12.4 Å². The van der Waals surface area contributed by atoms with E-state index in [2.05, 4.69) is 4.98 Å². The van der Waals surface area contributed by atoms with Crippen LogP contribution in [0.4, 0.5) is 0 Å². The van der Waals surface area contributed by atoms with Crippen LogP contribution in [0, 0.1) is 0 Å². The Morgan fingerprint density at radius 3 is 2.75 bits per heavy atom. The number of aromatic nitrogens is 1. The Kier molecular flexibility index (Phi) is 5.17. The van der Waals surface area contributed by atoms with Gasteiger partial charge in [-0.3, -0.25) is 4.98 Å². The molecule has 0 aliphatic carbocycles. The Bertz CT molecular complexity index is 393. The quantitative estimate of drug-likeness (QED) is 0.671. The first-order valence-electron chi connectivity index (χ1n) is 4.69. The van der Waals surface area contributed by atoms with Gasteiger partial charge in [-0.25, -0.2) is 13.6 Å². The smallest absolute Gasteiger partial charge is 0.211 e. The monoisotopic (exact) mass is 246 g/mol. The van der Waals surface area contributed by atoms with Crippen LogP contribution in [0.3, 0.4) is 0 Å². The third kappa shape index (κ3) is 6.33. The number of rotatable bonds is 7. The van der Waals surface area contributed by atoms with Crippen LogP contribution < -0.4 is 9.88 Å². The van der Waals surface area contributed by atoms with E-state index >= 15 is 0 Å². The number of primary sulfonamides is 1. The average molecular weight is 246 g/mol. The van der Waals surface area contributed by atoms with Gasteiger partial charge in [-0.1, -0.05) is 0 Å². The standard InChI is InChI=1S/C9H14N2O4S/c10-16(12,13)7-6-14-4-5-15-9-2-1-3-11-8-9/h1-3,8H,4-7H2,(H2,10,12,13). The maximum atomic E-state index is 10.5. The zero-order valence-electron chi connectivity index (χ0n) is 8.70. The van der Waals surface area contributed by atoms with Crippen LogP contribution in [0.2, 0.25) is 0 Å². The van der Waals surface area contributed by atoms with Gasteiger partial charge < -0.3 is 9.47 Å². The van der Waals surface area contributed by atoms with Crippen LogP contribution in [-0.2, 0) is 14.8 Å². The summed E-state index contributed by atoms with van der Waals surface area (Å²) in [6, 6.07) is 3.54. The third-order valence-corrected chi connectivity index (χ3v) is 2.38. The van der Waals surface area contributed by atoms with E-state index in [0.717, 1.165) is 0 Å². The topological polar surface area (TPSA) is 91.5 Å². The van der Waals surface area contributed by atoms with E-state index in [1.807, 2.05) is 0 Å². The highest BCUT2D eigenvalue weighted by Gasteiger charge is 2.01. The average Bonchev–Trinajstić information content (AvgIpc) is 2.23. The van der Waals surface area contributed by atoms with Gasteiger partial charge in [-0.2, -0.15) is 0 Å². The Labute approximate surface area is 94.4 Å². The van der Waals surface area contributed by atoms with Crippen molar-refractivity contribution in [3.63, 3.8) is 0 Å². The number of nitrogens with two attached hydrogens (primary N) is 1. The lowest BCUT2D eigenvalue weighted by Gasteiger charge is -2.05. The van der Waals surface area contributed by atoms with E-state index in [9.17, 15) is 8.42 Å². The molecule has 0 aliphatic rings. The van der Waals surface area contributed by atoms with Gasteiger partial charge in [0.05, 0.1) is 25.2 Å². The second-order valence-corrected chi connectivity index (χ2v) is 4.75. The molecule has 1 rings (SSSR count). The molecule has 0 radical (unpaired) electrons. The zero-order chi connectivity index (χ0) is 11.9. The summed E-state index contributed by atoms with van der Waals surface area (Å²) in [6.45, 7) is 0.732. The third-order valence-electron chi connectivity index (χ3n) is 1.64. The Morgan fingerprint density at radius 1 is 1.31 bits per heavy atom. The van der Waals surface area contributed by atoms with E-state index in [0.29, 0.717) is 19.0 Å². The lowest BCUT2D eigenvalue weighted by atomic mass is 10.5. The van der Waals surface area contributed by atoms with Crippen LogP contribution in [0.1, 0.15) is 0 Å². The predicted octanol–water partition coefficient (Wildman–Crippen LogP) is -0.234. The molecule has 6 nitrogen and oxygen atoms in total. The van der Waals surface area contributed by atoms with Crippen LogP contribution in [0.25, 0.3) is 0 Å². The minimum absolute atomic E-state index is 0.0786. The van der Waals surface area contributed by atoms with Crippen molar-refractivity contribution in [3.05, 3.63) is 24.5 Å². The maximum absolute atomic E-state index is 10.5. The molecular weight excluding hydrogens is 232 g/mol. The van der Waals surface area contributed by atoms with Crippen LogP contribution in [0.15, 0.2) is 24.5 Å². The first-order valence-corrected chi connectivity index (χ1v) is 6.40. The molecule has 0 saturated carbocycles. The highest BCUT2D eigenvalue weighted by atomic mass is 32.2. The van der Waals surface area contributed by atoms with Crippen molar-refractivity contribution in [1.82, 2.24) is 4.98 Å². The molecule has 0 atom stereocenters. The van der Waals surface area contributed by atoms with Crippen molar-refractivity contribution in [2.24, 2.45) is 5.14 Å². The van der Waals surface area contributed by atoms with Gasteiger partial charge in [0.15, 0.2) is 0 Å².